The molecule has 21 heavy (non-hydrogen) atoms. The van der Waals surface area contributed by atoms with Crippen LogP contribution in [0.15, 0.2) is 22.6 Å². The first-order valence-corrected chi connectivity index (χ1v) is 10.8. The van der Waals surface area contributed by atoms with Crippen LogP contribution < -0.4 is 0 Å². The van der Waals surface area contributed by atoms with Crippen molar-refractivity contribution >= 4 is 30.9 Å². The van der Waals surface area contributed by atoms with Gasteiger partial charge in [-0.3, -0.25) is 0 Å². The molecule has 4 heteroatoms. The molecule has 0 atom stereocenters. The molecule has 2 rings (SSSR count). The number of aryl methyl sites for hydroxylation is 1. The van der Waals surface area contributed by atoms with Crippen LogP contribution in [0.4, 0.5) is 0 Å². The van der Waals surface area contributed by atoms with Crippen LogP contribution in [-0.2, 0) is 16.9 Å². The zero-order chi connectivity index (χ0) is 15.8. The molecular formula is C17H25ClO2Si. The van der Waals surface area contributed by atoms with Crippen molar-refractivity contribution in [2.24, 2.45) is 0 Å². The summed E-state index contributed by atoms with van der Waals surface area (Å²) in [6.45, 7) is 13.8. The monoisotopic (exact) mass is 324 g/mol. The lowest BCUT2D eigenvalue weighted by Crippen LogP contribution is -2.40. The number of fused-ring (bicyclic) bond motifs is 1. The van der Waals surface area contributed by atoms with Crippen molar-refractivity contribution in [1.82, 2.24) is 0 Å². The van der Waals surface area contributed by atoms with E-state index in [1.165, 1.54) is 0 Å². The number of hydrogen-bond donors (Lipinski definition) is 0. The molecule has 2 aromatic rings. The van der Waals surface area contributed by atoms with Crippen LogP contribution in [0.1, 0.15) is 37.7 Å². The molecule has 0 spiro atoms. The van der Waals surface area contributed by atoms with Gasteiger partial charge >= 0.3 is 0 Å². The average Bonchev–Trinajstić information content (AvgIpc) is 2.78. The van der Waals surface area contributed by atoms with E-state index in [4.69, 9.17) is 20.4 Å². The second-order valence-corrected chi connectivity index (χ2v) is 12.3. The topological polar surface area (TPSA) is 22.4 Å². The van der Waals surface area contributed by atoms with E-state index in [1.807, 2.05) is 0 Å². The highest BCUT2D eigenvalue weighted by molar-refractivity contribution is 6.74. The van der Waals surface area contributed by atoms with Crippen molar-refractivity contribution in [3.8, 4) is 0 Å². The van der Waals surface area contributed by atoms with Crippen LogP contribution >= 0.6 is 11.6 Å². The highest BCUT2D eigenvalue weighted by Crippen LogP contribution is 2.37. The van der Waals surface area contributed by atoms with Crippen molar-refractivity contribution in [3.63, 3.8) is 0 Å². The lowest BCUT2D eigenvalue weighted by atomic mass is 10.1. The van der Waals surface area contributed by atoms with Gasteiger partial charge in [-0.1, -0.05) is 26.8 Å². The summed E-state index contributed by atoms with van der Waals surface area (Å²) in [5.74, 6) is 1.42. The standard InChI is InChI=1S/C17H25ClO2Si/c1-12-7-13(10-18)8-14-9-15(20-16(12)14)11-19-21(5,6)17(2,3)4/h7-9H,10-11H2,1-6H3. The third kappa shape index (κ3) is 3.53. The maximum Gasteiger partial charge on any atom is 0.192 e. The lowest BCUT2D eigenvalue weighted by Gasteiger charge is -2.35. The Morgan fingerprint density at radius 2 is 1.86 bits per heavy atom. The molecule has 0 N–H and O–H groups in total. The predicted octanol–water partition coefficient (Wildman–Crippen LogP) is 6.00. The zero-order valence-corrected chi connectivity index (χ0v) is 15.6. The highest BCUT2D eigenvalue weighted by atomic mass is 35.5. The van der Waals surface area contributed by atoms with Crippen LogP contribution in [0.25, 0.3) is 11.0 Å². The fourth-order valence-electron chi connectivity index (χ4n) is 2.08. The Bertz CT molecular complexity index is 638. The van der Waals surface area contributed by atoms with Crippen molar-refractivity contribution in [1.29, 1.82) is 0 Å². The quantitative estimate of drug-likeness (QED) is 0.508. The fraction of sp³-hybridized carbons (Fsp3) is 0.529. The van der Waals surface area contributed by atoms with Crippen LogP contribution in [0.5, 0.6) is 0 Å². The minimum Gasteiger partial charge on any atom is -0.458 e. The van der Waals surface area contributed by atoms with Gasteiger partial charge in [0.15, 0.2) is 8.32 Å². The maximum absolute atomic E-state index is 6.23. The summed E-state index contributed by atoms with van der Waals surface area (Å²) in [6.07, 6.45) is 0. The predicted molar refractivity (Wildman–Crippen MR) is 92.5 cm³/mol. The van der Waals surface area contributed by atoms with Gasteiger partial charge in [-0.25, -0.2) is 0 Å². The van der Waals surface area contributed by atoms with E-state index >= 15 is 0 Å². The van der Waals surface area contributed by atoms with Crippen LogP contribution in [-0.4, -0.2) is 8.32 Å². The van der Waals surface area contributed by atoms with Crippen molar-refractivity contribution in [2.75, 3.05) is 0 Å². The van der Waals surface area contributed by atoms with E-state index in [0.29, 0.717) is 12.5 Å². The van der Waals surface area contributed by atoms with Crippen LogP contribution in [0, 0.1) is 6.92 Å². The number of furan rings is 1. The average molecular weight is 325 g/mol. The summed E-state index contributed by atoms with van der Waals surface area (Å²) < 4.78 is 12.2. The molecule has 0 aliphatic carbocycles. The molecule has 0 amide bonds. The number of alkyl halides is 1. The normalized spacial score (nSPS) is 13.1. The molecule has 1 heterocycles. The molecule has 116 valence electrons. The van der Waals surface area contributed by atoms with Crippen LogP contribution in [0.3, 0.4) is 0 Å². The summed E-state index contributed by atoms with van der Waals surface area (Å²) in [5.41, 5.74) is 3.19. The van der Waals surface area contributed by atoms with Gasteiger partial charge in [0, 0.05) is 11.3 Å². The first-order valence-electron chi connectivity index (χ1n) is 7.36. The molecule has 0 saturated heterocycles. The molecular weight excluding hydrogens is 300 g/mol. The lowest BCUT2D eigenvalue weighted by molar-refractivity contribution is 0.249. The Kier molecular flexibility index (Phi) is 4.57. The van der Waals surface area contributed by atoms with Crippen molar-refractivity contribution < 1.29 is 8.84 Å². The first-order chi connectivity index (χ1) is 9.64. The van der Waals surface area contributed by atoms with E-state index in [9.17, 15) is 0 Å². The second-order valence-electron chi connectivity index (χ2n) is 7.23. The van der Waals surface area contributed by atoms with Gasteiger partial charge in [0.1, 0.15) is 11.3 Å². The van der Waals surface area contributed by atoms with Gasteiger partial charge in [0.05, 0.1) is 6.61 Å². The Labute approximate surface area is 133 Å². The Morgan fingerprint density at radius 3 is 2.43 bits per heavy atom. The van der Waals surface area contributed by atoms with Crippen molar-refractivity contribution in [2.45, 2.75) is 58.3 Å². The van der Waals surface area contributed by atoms with Gasteiger partial charge in [-0.05, 0) is 48.3 Å². The number of rotatable bonds is 4. The molecule has 0 radical (unpaired) electrons. The van der Waals surface area contributed by atoms with Crippen molar-refractivity contribution in [3.05, 3.63) is 35.1 Å². The third-order valence-corrected chi connectivity index (χ3v) is 9.24. The minimum absolute atomic E-state index is 0.209. The minimum atomic E-state index is -1.75. The third-order valence-electron chi connectivity index (χ3n) is 4.45. The maximum atomic E-state index is 6.23. The van der Waals surface area contributed by atoms with Gasteiger partial charge < -0.3 is 8.84 Å². The Morgan fingerprint density at radius 1 is 1.19 bits per heavy atom. The number of benzene rings is 1. The smallest absolute Gasteiger partial charge is 0.192 e. The second kappa shape index (κ2) is 5.79. The molecule has 2 nitrogen and oxygen atoms in total. The first kappa shape index (κ1) is 16.6. The van der Waals surface area contributed by atoms with E-state index in [2.05, 4.69) is 59.0 Å². The SMILES string of the molecule is Cc1cc(CCl)cc2cc(CO[Si](C)(C)C(C)(C)C)oc12. The van der Waals surface area contributed by atoms with Gasteiger partial charge in [0.2, 0.25) is 0 Å². The summed E-state index contributed by atoms with van der Waals surface area (Å²) in [5, 5.41) is 1.32. The highest BCUT2D eigenvalue weighted by Gasteiger charge is 2.37. The largest absolute Gasteiger partial charge is 0.458 e. The van der Waals surface area contributed by atoms with E-state index in [1.54, 1.807) is 0 Å². The zero-order valence-electron chi connectivity index (χ0n) is 13.8. The molecule has 1 aromatic heterocycles. The molecule has 0 aliphatic rings. The summed E-state index contributed by atoms with van der Waals surface area (Å²) >= 11 is 5.93. The van der Waals surface area contributed by atoms with Gasteiger partial charge in [-0.2, -0.15) is 0 Å². The fourth-order valence-corrected chi connectivity index (χ4v) is 3.17. The molecule has 0 saturated carbocycles. The summed E-state index contributed by atoms with van der Waals surface area (Å²) in [7, 11) is -1.75. The van der Waals surface area contributed by atoms with Gasteiger partial charge in [0.25, 0.3) is 0 Å². The molecule has 0 bridgehead atoms. The van der Waals surface area contributed by atoms with E-state index in [-0.39, 0.29) is 5.04 Å². The summed E-state index contributed by atoms with van der Waals surface area (Å²) in [4.78, 5) is 0. The molecule has 0 fully saturated rings. The summed E-state index contributed by atoms with van der Waals surface area (Å²) in [6, 6.07) is 6.25. The molecule has 0 unspecified atom stereocenters. The van der Waals surface area contributed by atoms with E-state index in [0.717, 1.165) is 27.9 Å². The molecule has 1 aromatic carbocycles. The molecule has 0 aliphatic heterocycles. The van der Waals surface area contributed by atoms with Gasteiger partial charge in [-0.15, -0.1) is 11.6 Å². The number of hydrogen-bond acceptors (Lipinski definition) is 2. The van der Waals surface area contributed by atoms with Crippen LogP contribution in [0.2, 0.25) is 18.1 Å². The Balaban J connectivity index is 2.23. The Hall–Kier alpha value is -0.773. The number of halogens is 1. The van der Waals surface area contributed by atoms with E-state index < -0.39 is 8.32 Å².